The van der Waals surface area contributed by atoms with E-state index in [2.05, 4.69) is 0 Å². The third-order valence-electron chi connectivity index (χ3n) is 3.29. The second kappa shape index (κ2) is 5.24. The second-order valence-electron chi connectivity index (χ2n) is 4.54. The highest BCUT2D eigenvalue weighted by Gasteiger charge is 2.15. The van der Waals surface area contributed by atoms with Crippen molar-refractivity contribution in [2.45, 2.75) is 5.38 Å². The van der Waals surface area contributed by atoms with Crippen LogP contribution in [0.25, 0.3) is 10.2 Å². The number of halogens is 2. The molecule has 2 aromatic carbocycles. The molecule has 102 valence electrons. The molecule has 1 atom stereocenters. The van der Waals surface area contributed by atoms with Crippen molar-refractivity contribution in [3.8, 4) is 0 Å². The van der Waals surface area contributed by atoms with Crippen molar-refractivity contribution in [3.05, 3.63) is 68.3 Å². The first-order valence-corrected chi connectivity index (χ1v) is 7.69. The summed E-state index contributed by atoms with van der Waals surface area (Å²) in [4.78, 5) is 11.7. The van der Waals surface area contributed by atoms with Gasteiger partial charge in [-0.2, -0.15) is 0 Å². The monoisotopic (exact) mass is 323 g/mol. The Balaban J connectivity index is 2.11. The molecule has 0 bridgehead atoms. The lowest BCUT2D eigenvalue weighted by molar-refractivity contribution is 0.938. The van der Waals surface area contributed by atoms with Gasteiger partial charge in [-0.25, -0.2) is 0 Å². The zero-order valence-electron chi connectivity index (χ0n) is 10.6. The maximum absolute atomic E-state index is 11.7. The van der Waals surface area contributed by atoms with Crippen LogP contribution in [0.1, 0.15) is 16.5 Å². The molecule has 0 radical (unpaired) electrons. The van der Waals surface area contributed by atoms with Gasteiger partial charge in [0.05, 0.1) is 15.6 Å². The van der Waals surface area contributed by atoms with Crippen LogP contribution < -0.4 is 4.87 Å². The van der Waals surface area contributed by atoms with Gasteiger partial charge in [0.25, 0.3) is 0 Å². The predicted octanol–water partition coefficient (Wildman–Crippen LogP) is 4.58. The molecule has 0 saturated carbocycles. The summed E-state index contributed by atoms with van der Waals surface area (Å²) in [5, 5.41) is 0.324. The minimum atomic E-state index is -0.324. The summed E-state index contributed by atoms with van der Waals surface area (Å²) in [5.74, 6) is 0. The van der Waals surface area contributed by atoms with Crippen LogP contribution in [0.15, 0.2) is 47.3 Å². The third-order valence-corrected chi connectivity index (χ3v) is 5.11. The highest BCUT2D eigenvalue weighted by atomic mass is 35.5. The number of benzene rings is 2. The van der Waals surface area contributed by atoms with Gasteiger partial charge < -0.3 is 4.57 Å². The van der Waals surface area contributed by atoms with Gasteiger partial charge in [0.1, 0.15) is 0 Å². The highest BCUT2D eigenvalue weighted by Crippen LogP contribution is 2.34. The lowest BCUT2D eigenvalue weighted by atomic mass is 10.0. The average Bonchev–Trinajstić information content (AvgIpc) is 2.73. The first kappa shape index (κ1) is 13.7. The number of rotatable bonds is 2. The van der Waals surface area contributed by atoms with Gasteiger partial charge in [-0.15, -0.1) is 11.6 Å². The number of hydrogen-bond acceptors (Lipinski definition) is 2. The van der Waals surface area contributed by atoms with E-state index in [0.29, 0.717) is 5.02 Å². The van der Waals surface area contributed by atoms with Crippen LogP contribution in [0.4, 0.5) is 0 Å². The SMILES string of the molecule is Cn1c(=O)sc2cc(C(Cl)c3ccccc3Cl)ccc21. The molecule has 0 fully saturated rings. The molecular weight excluding hydrogens is 313 g/mol. The van der Waals surface area contributed by atoms with E-state index < -0.39 is 0 Å². The van der Waals surface area contributed by atoms with Crippen LogP contribution in [0.2, 0.25) is 5.02 Å². The Bertz CT molecular complexity index is 837. The van der Waals surface area contributed by atoms with E-state index in [1.54, 1.807) is 11.6 Å². The van der Waals surface area contributed by atoms with Gasteiger partial charge >= 0.3 is 4.87 Å². The molecule has 3 aromatic rings. The molecule has 0 aliphatic rings. The summed E-state index contributed by atoms with van der Waals surface area (Å²) in [5.41, 5.74) is 2.74. The van der Waals surface area contributed by atoms with Crippen molar-refractivity contribution in [2.24, 2.45) is 7.05 Å². The molecule has 20 heavy (non-hydrogen) atoms. The Kier molecular flexibility index (Phi) is 3.59. The van der Waals surface area contributed by atoms with Crippen molar-refractivity contribution < 1.29 is 0 Å². The van der Waals surface area contributed by atoms with E-state index in [-0.39, 0.29) is 10.3 Å². The molecule has 0 spiro atoms. The molecule has 1 unspecified atom stereocenters. The summed E-state index contributed by atoms with van der Waals surface area (Å²) in [6.07, 6.45) is 0. The lowest BCUT2D eigenvalue weighted by Gasteiger charge is -2.12. The van der Waals surface area contributed by atoms with Crippen molar-refractivity contribution in [1.29, 1.82) is 0 Å². The van der Waals surface area contributed by atoms with E-state index in [0.717, 1.165) is 21.3 Å². The molecule has 0 amide bonds. The molecule has 1 aromatic heterocycles. The van der Waals surface area contributed by atoms with Crippen molar-refractivity contribution >= 4 is 44.8 Å². The fourth-order valence-electron chi connectivity index (χ4n) is 2.17. The number of alkyl halides is 1. The number of aryl methyl sites for hydroxylation is 1. The lowest BCUT2D eigenvalue weighted by Crippen LogP contribution is -2.06. The Labute approximate surface area is 130 Å². The molecule has 0 saturated heterocycles. The largest absolute Gasteiger partial charge is 0.307 e. The minimum Gasteiger partial charge on any atom is -0.302 e. The summed E-state index contributed by atoms with van der Waals surface area (Å²) < 4.78 is 2.58. The zero-order chi connectivity index (χ0) is 14.3. The topological polar surface area (TPSA) is 22.0 Å². The Hall–Kier alpha value is -1.29. The Morgan fingerprint density at radius 1 is 1.20 bits per heavy atom. The van der Waals surface area contributed by atoms with Gasteiger partial charge in [-0.05, 0) is 29.3 Å². The van der Waals surface area contributed by atoms with Crippen LogP contribution in [0.5, 0.6) is 0 Å². The average molecular weight is 324 g/mol. The fraction of sp³-hybridized carbons (Fsp3) is 0.133. The maximum atomic E-state index is 11.7. The first-order chi connectivity index (χ1) is 9.58. The summed E-state index contributed by atoms with van der Waals surface area (Å²) in [6.45, 7) is 0. The number of aromatic nitrogens is 1. The van der Waals surface area contributed by atoms with E-state index in [9.17, 15) is 4.79 Å². The smallest absolute Gasteiger partial charge is 0.302 e. The standard InChI is InChI=1S/C15H11Cl2NOS/c1-18-12-7-6-9(8-13(12)20-15(18)19)14(17)10-4-2-3-5-11(10)16/h2-8,14H,1H3. The van der Waals surface area contributed by atoms with E-state index >= 15 is 0 Å². The molecule has 0 aliphatic carbocycles. The second-order valence-corrected chi connectivity index (χ2v) is 6.38. The van der Waals surface area contributed by atoms with Crippen LogP contribution in [0, 0.1) is 0 Å². The molecule has 5 heteroatoms. The van der Waals surface area contributed by atoms with Gasteiger partial charge in [-0.3, -0.25) is 4.79 Å². The molecule has 3 rings (SSSR count). The van der Waals surface area contributed by atoms with Crippen LogP contribution in [-0.4, -0.2) is 4.57 Å². The molecule has 1 heterocycles. The van der Waals surface area contributed by atoms with Gasteiger partial charge in [0.15, 0.2) is 0 Å². The molecule has 0 aliphatic heterocycles. The van der Waals surface area contributed by atoms with Crippen molar-refractivity contribution in [2.75, 3.05) is 0 Å². The fourth-order valence-corrected chi connectivity index (χ4v) is 3.72. The van der Waals surface area contributed by atoms with Crippen LogP contribution in [-0.2, 0) is 7.05 Å². The quantitative estimate of drug-likeness (QED) is 0.632. The Morgan fingerprint density at radius 3 is 2.70 bits per heavy atom. The third kappa shape index (κ3) is 2.26. The maximum Gasteiger partial charge on any atom is 0.307 e. The normalized spacial score (nSPS) is 12.8. The molecule has 0 N–H and O–H groups in total. The summed E-state index contributed by atoms with van der Waals surface area (Å²) >= 11 is 13.9. The number of nitrogens with zero attached hydrogens (tertiary/aromatic N) is 1. The highest BCUT2D eigenvalue weighted by molar-refractivity contribution is 7.16. The van der Waals surface area contributed by atoms with E-state index in [1.807, 2.05) is 42.5 Å². The number of thiazole rings is 1. The molecular formula is C15H11Cl2NOS. The number of hydrogen-bond donors (Lipinski definition) is 0. The van der Waals surface area contributed by atoms with Crippen LogP contribution in [0.3, 0.4) is 0 Å². The van der Waals surface area contributed by atoms with Crippen molar-refractivity contribution in [3.63, 3.8) is 0 Å². The van der Waals surface area contributed by atoms with Gasteiger partial charge in [0.2, 0.25) is 0 Å². The van der Waals surface area contributed by atoms with Crippen molar-refractivity contribution in [1.82, 2.24) is 4.57 Å². The van der Waals surface area contributed by atoms with Crippen LogP contribution >= 0.6 is 34.5 Å². The van der Waals surface area contributed by atoms with Gasteiger partial charge in [-0.1, -0.05) is 47.2 Å². The minimum absolute atomic E-state index is 0.0287. The zero-order valence-corrected chi connectivity index (χ0v) is 13.0. The number of fused-ring (bicyclic) bond motifs is 1. The predicted molar refractivity (Wildman–Crippen MR) is 86.2 cm³/mol. The van der Waals surface area contributed by atoms with Gasteiger partial charge in [0, 0.05) is 12.1 Å². The Morgan fingerprint density at radius 2 is 1.95 bits per heavy atom. The molecule has 2 nitrogen and oxygen atoms in total. The summed E-state index contributed by atoms with van der Waals surface area (Å²) in [6, 6.07) is 13.4. The van der Waals surface area contributed by atoms with E-state index in [1.165, 1.54) is 11.3 Å². The first-order valence-electron chi connectivity index (χ1n) is 6.06. The summed E-state index contributed by atoms with van der Waals surface area (Å²) in [7, 11) is 1.77. The van der Waals surface area contributed by atoms with E-state index in [4.69, 9.17) is 23.2 Å².